The number of fused-ring (bicyclic) bond motifs is 1. The molecule has 2 saturated heterocycles. The number of nitrogens with zero attached hydrogens (tertiary/aromatic N) is 3. The van der Waals surface area contributed by atoms with E-state index in [1.54, 1.807) is 0 Å². The second-order valence-corrected chi connectivity index (χ2v) is 6.96. The minimum absolute atomic E-state index is 0. The van der Waals surface area contributed by atoms with E-state index >= 15 is 0 Å². The maximum atomic E-state index is 5.90. The van der Waals surface area contributed by atoms with E-state index in [9.17, 15) is 0 Å². The van der Waals surface area contributed by atoms with Gasteiger partial charge in [0, 0.05) is 44.2 Å². The summed E-state index contributed by atoms with van der Waals surface area (Å²) in [5, 5.41) is 4.58. The third kappa shape index (κ3) is 4.94. The van der Waals surface area contributed by atoms with Gasteiger partial charge in [0.25, 0.3) is 0 Å². The van der Waals surface area contributed by atoms with E-state index in [2.05, 4.69) is 34.2 Å². The number of halogens is 1. The average molecular weight is 484 g/mol. The molecular weight excluding hydrogens is 455 g/mol. The van der Waals surface area contributed by atoms with Crippen molar-refractivity contribution in [1.82, 2.24) is 15.1 Å². The molecule has 1 atom stereocenters. The van der Waals surface area contributed by atoms with E-state index in [4.69, 9.17) is 14.1 Å². The summed E-state index contributed by atoms with van der Waals surface area (Å²) in [6, 6.07) is 10.8. The molecule has 0 spiro atoms. The Labute approximate surface area is 177 Å². The molecule has 27 heavy (non-hydrogen) atoms. The van der Waals surface area contributed by atoms with Crippen molar-refractivity contribution in [2.24, 2.45) is 4.99 Å². The van der Waals surface area contributed by atoms with Crippen LogP contribution in [-0.4, -0.2) is 67.7 Å². The van der Waals surface area contributed by atoms with E-state index in [0.717, 1.165) is 68.6 Å². The van der Waals surface area contributed by atoms with Gasteiger partial charge < -0.3 is 19.4 Å². The standard InChI is InChI=1S/C20H28N4O2.HI/c1-2-21-20(22-14-18-13-16-5-3-4-6-19(16)26-18)24-8-7-17(15-24)23-9-11-25-12-10-23;/h3-6,13,17H,2,7-12,14-15H2,1H3,(H,21,22);1H. The fourth-order valence-corrected chi connectivity index (χ4v) is 3.87. The van der Waals surface area contributed by atoms with Crippen LogP contribution in [0, 0.1) is 0 Å². The van der Waals surface area contributed by atoms with Gasteiger partial charge in [-0.05, 0) is 25.5 Å². The number of guanidine groups is 1. The lowest BCUT2D eigenvalue weighted by Gasteiger charge is -2.32. The summed E-state index contributed by atoms with van der Waals surface area (Å²) < 4.78 is 11.4. The lowest BCUT2D eigenvalue weighted by Crippen LogP contribution is -2.46. The molecule has 148 valence electrons. The van der Waals surface area contributed by atoms with Crippen molar-refractivity contribution in [3.8, 4) is 0 Å². The van der Waals surface area contributed by atoms with Crippen LogP contribution in [-0.2, 0) is 11.3 Å². The van der Waals surface area contributed by atoms with Gasteiger partial charge in [-0.3, -0.25) is 4.90 Å². The van der Waals surface area contributed by atoms with Crippen molar-refractivity contribution in [2.75, 3.05) is 45.9 Å². The number of morpholine rings is 1. The summed E-state index contributed by atoms with van der Waals surface area (Å²) in [4.78, 5) is 9.78. The third-order valence-electron chi connectivity index (χ3n) is 5.22. The molecule has 0 amide bonds. The molecular formula is C20H29IN4O2. The van der Waals surface area contributed by atoms with Gasteiger partial charge >= 0.3 is 0 Å². The molecule has 3 heterocycles. The summed E-state index contributed by atoms with van der Waals surface area (Å²) in [5.41, 5.74) is 0.927. The maximum absolute atomic E-state index is 5.90. The molecule has 1 unspecified atom stereocenters. The van der Waals surface area contributed by atoms with Crippen LogP contribution < -0.4 is 5.32 Å². The number of nitrogens with one attached hydrogen (secondary N) is 1. The highest BCUT2D eigenvalue weighted by atomic mass is 127. The Balaban J connectivity index is 0.00000210. The van der Waals surface area contributed by atoms with E-state index in [1.807, 2.05) is 18.2 Å². The normalized spacial score (nSPS) is 21.4. The lowest BCUT2D eigenvalue weighted by molar-refractivity contribution is 0.0195. The molecule has 2 aliphatic heterocycles. The zero-order valence-electron chi connectivity index (χ0n) is 15.9. The zero-order valence-corrected chi connectivity index (χ0v) is 18.2. The molecule has 0 radical (unpaired) electrons. The largest absolute Gasteiger partial charge is 0.459 e. The Kier molecular flexibility index (Phi) is 7.37. The Hall–Kier alpha value is -1.32. The molecule has 7 heteroatoms. The smallest absolute Gasteiger partial charge is 0.194 e. The summed E-state index contributed by atoms with van der Waals surface area (Å²) in [6.07, 6.45) is 1.19. The summed E-state index contributed by atoms with van der Waals surface area (Å²) in [6.45, 7) is 9.45. The first-order valence-electron chi connectivity index (χ1n) is 9.66. The highest BCUT2D eigenvalue weighted by Gasteiger charge is 2.30. The first kappa shape index (κ1) is 20.4. The SMILES string of the molecule is CCNC(=NCc1cc2ccccc2o1)N1CCC(N2CCOCC2)C1.I. The van der Waals surface area contributed by atoms with Crippen molar-refractivity contribution < 1.29 is 9.15 Å². The van der Waals surface area contributed by atoms with Gasteiger partial charge in [-0.1, -0.05) is 18.2 Å². The van der Waals surface area contributed by atoms with Crippen LogP contribution in [0.25, 0.3) is 11.0 Å². The van der Waals surface area contributed by atoms with Crippen LogP contribution in [0.2, 0.25) is 0 Å². The number of benzene rings is 1. The number of ether oxygens (including phenoxy) is 1. The van der Waals surface area contributed by atoms with Gasteiger partial charge in [-0.15, -0.1) is 24.0 Å². The minimum atomic E-state index is 0. The first-order valence-corrected chi connectivity index (χ1v) is 9.66. The third-order valence-corrected chi connectivity index (χ3v) is 5.22. The quantitative estimate of drug-likeness (QED) is 0.411. The molecule has 1 aromatic heterocycles. The van der Waals surface area contributed by atoms with Crippen LogP contribution >= 0.6 is 24.0 Å². The van der Waals surface area contributed by atoms with E-state index in [-0.39, 0.29) is 24.0 Å². The summed E-state index contributed by atoms with van der Waals surface area (Å²) >= 11 is 0. The number of furan rings is 1. The Morgan fingerprint density at radius 2 is 2.04 bits per heavy atom. The van der Waals surface area contributed by atoms with Crippen LogP contribution in [0.15, 0.2) is 39.7 Å². The molecule has 1 aromatic carbocycles. The van der Waals surface area contributed by atoms with Crippen LogP contribution in [0.1, 0.15) is 19.1 Å². The van der Waals surface area contributed by atoms with Gasteiger partial charge in [0.15, 0.2) is 5.96 Å². The molecule has 0 bridgehead atoms. The molecule has 6 nitrogen and oxygen atoms in total. The Morgan fingerprint density at radius 3 is 2.81 bits per heavy atom. The monoisotopic (exact) mass is 484 g/mol. The van der Waals surface area contributed by atoms with Crippen molar-refractivity contribution in [1.29, 1.82) is 0 Å². The molecule has 0 aliphatic carbocycles. The number of rotatable bonds is 4. The maximum Gasteiger partial charge on any atom is 0.194 e. The molecule has 1 N–H and O–H groups in total. The van der Waals surface area contributed by atoms with Crippen LogP contribution in [0.5, 0.6) is 0 Å². The van der Waals surface area contributed by atoms with Crippen molar-refractivity contribution >= 4 is 40.9 Å². The van der Waals surface area contributed by atoms with E-state index in [1.165, 1.54) is 6.42 Å². The highest BCUT2D eigenvalue weighted by Crippen LogP contribution is 2.20. The van der Waals surface area contributed by atoms with Gasteiger partial charge in [-0.25, -0.2) is 4.99 Å². The second kappa shape index (κ2) is 9.75. The number of aliphatic imine (C=N–C) groups is 1. The molecule has 2 aromatic rings. The fraction of sp³-hybridized carbons (Fsp3) is 0.550. The average Bonchev–Trinajstić information content (AvgIpc) is 3.32. The summed E-state index contributed by atoms with van der Waals surface area (Å²) in [7, 11) is 0. The number of likely N-dealkylation sites (tertiary alicyclic amines) is 1. The van der Waals surface area contributed by atoms with Gasteiger partial charge in [0.2, 0.25) is 0 Å². The first-order chi connectivity index (χ1) is 12.8. The predicted molar refractivity (Wildman–Crippen MR) is 119 cm³/mol. The van der Waals surface area contributed by atoms with Crippen LogP contribution in [0.3, 0.4) is 0 Å². The molecule has 4 rings (SSSR count). The van der Waals surface area contributed by atoms with Gasteiger partial charge in [0.05, 0.1) is 13.2 Å². The van der Waals surface area contributed by atoms with E-state index < -0.39 is 0 Å². The zero-order chi connectivity index (χ0) is 17.8. The predicted octanol–water partition coefficient (Wildman–Crippen LogP) is 2.92. The van der Waals surface area contributed by atoms with E-state index in [0.29, 0.717) is 12.6 Å². The number of para-hydroxylation sites is 1. The topological polar surface area (TPSA) is 53.2 Å². The molecule has 2 fully saturated rings. The lowest BCUT2D eigenvalue weighted by atomic mass is 10.2. The fourth-order valence-electron chi connectivity index (χ4n) is 3.87. The van der Waals surface area contributed by atoms with Crippen molar-refractivity contribution in [2.45, 2.75) is 25.9 Å². The number of hydrogen-bond donors (Lipinski definition) is 1. The Bertz CT molecular complexity index is 724. The minimum Gasteiger partial charge on any atom is -0.459 e. The molecule has 0 saturated carbocycles. The van der Waals surface area contributed by atoms with Gasteiger partial charge in [-0.2, -0.15) is 0 Å². The Morgan fingerprint density at radius 1 is 1.22 bits per heavy atom. The summed E-state index contributed by atoms with van der Waals surface area (Å²) in [5.74, 6) is 1.90. The van der Waals surface area contributed by atoms with Crippen molar-refractivity contribution in [3.05, 3.63) is 36.1 Å². The van der Waals surface area contributed by atoms with Gasteiger partial charge in [0.1, 0.15) is 17.9 Å². The number of hydrogen-bond acceptors (Lipinski definition) is 4. The highest BCUT2D eigenvalue weighted by molar-refractivity contribution is 14.0. The molecule has 2 aliphatic rings. The van der Waals surface area contributed by atoms with Crippen molar-refractivity contribution in [3.63, 3.8) is 0 Å². The second-order valence-electron chi connectivity index (χ2n) is 6.96. The van der Waals surface area contributed by atoms with Crippen LogP contribution in [0.4, 0.5) is 0 Å².